The summed E-state index contributed by atoms with van der Waals surface area (Å²) in [6.45, 7) is 1.03. The Hall–Kier alpha value is -0.610. The minimum absolute atomic E-state index is 0.577. The molecule has 0 aromatic carbocycles. The summed E-state index contributed by atoms with van der Waals surface area (Å²) in [4.78, 5) is 8.98. The van der Waals surface area contributed by atoms with Crippen LogP contribution in [0.5, 0.6) is 0 Å². The SMILES string of the molecule is CNCC1CCCc2cnc(SC)nc21. The van der Waals surface area contributed by atoms with Crippen molar-refractivity contribution in [2.75, 3.05) is 19.8 Å². The highest BCUT2D eigenvalue weighted by molar-refractivity contribution is 7.98. The van der Waals surface area contributed by atoms with Gasteiger partial charge in [-0.2, -0.15) is 0 Å². The highest BCUT2D eigenvalue weighted by atomic mass is 32.2. The molecule has 82 valence electrons. The standard InChI is InChI=1S/C11H17N3S/c1-12-6-8-4-3-5-9-7-13-11(15-2)14-10(8)9/h7-8,12H,3-6H2,1-2H3. The van der Waals surface area contributed by atoms with Gasteiger partial charge >= 0.3 is 0 Å². The largest absolute Gasteiger partial charge is 0.319 e. The Bertz CT molecular complexity index is 341. The van der Waals surface area contributed by atoms with Gasteiger partial charge in [0.2, 0.25) is 0 Å². The number of rotatable bonds is 3. The lowest BCUT2D eigenvalue weighted by Gasteiger charge is -2.23. The van der Waals surface area contributed by atoms with Crippen molar-refractivity contribution in [1.82, 2.24) is 15.3 Å². The third-order valence-corrected chi connectivity index (χ3v) is 3.46. The van der Waals surface area contributed by atoms with Crippen LogP contribution in [-0.4, -0.2) is 29.8 Å². The summed E-state index contributed by atoms with van der Waals surface area (Å²) in [5, 5.41) is 4.15. The van der Waals surface area contributed by atoms with Gasteiger partial charge in [0.15, 0.2) is 5.16 Å². The Balaban J connectivity index is 2.30. The van der Waals surface area contributed by atoms with Crippen molar-refractivity contribution in [3.63, 3.8) is 0 Å². The molecular weight excluding hydrogens is 206 g/mol. The van der Waals surface area contributed by atoms with E-state index in [2.05, 4.69) is 15.3 Å². The Morgan fingerprint density at radius 1 is 1.60 bits per heavy atom. The van der Waals surface area contributed by atoms with E-state index in [4.69, 9.17) is 0 Å². The molecule has 0 radical (unpaired) electrons. The van der Waals surface area contributed by atoms with Gasteiger partial charge in [-0.25, -0.2) is 9.97 Å². The predicted octanol–water partition coefficient (Wildman–Crippen LogP) is 1.84. The first kappa shape index (κ1) is 10.9. The average Bonchev–Trinajstić information content (AvgIpc) is 2.29. The van der Waals surface area contributed by atoms with Crippen molar-refractivity contribution in [3.05, 3.63) is 17.5 Å². The topological polar surface area (TPSA) is 37.8 Å². The molecule has 0 bridgehead atoms. The molecule has 0 amide bonds. The van der Waals surface area contributed by atoms with Gasteiger partial charge in [-0.1, -0.05) is 11.8 Å². The van der Waals surface area contributed by atoms with Gasteiger partial charge in [-0.05, 0) is 38.1 Å². The zero-order chi connectivity index (χ0) is 10.7. The summed E-state index contributed by atoms with van der Waals surface area (Å²) in [6.07, 6.45) is 7.69. The normalized spacial score (nSPS) is 20.0. The fourth-order valence-electron chi connectivity index (χ4n) is 2.17. The van der Waals surface area contributed by atoms with Crippen LogP contribution < -0.4 is 5.32 Å². The molecule has 0 fully saturated rings. The molecule has 0 spiro atoms. The fraction of sp³-hybridized carbons (Fsp3) is 0.636. The molecule has 0 saturated carbocycles. The number of fused-ring (bicyclic) bond motifs is 1. The molecule has 1 aromatic heterocycles. The summed E-state index contributed by atoms with van der Waals surface area (Å²) < 4.78 is 0. The third-order valence-electron chi connectivity index (χ3n) is 2.89. The molecule has 3 nitrogen and oxygen atoms in total. The van der Waals surface area contributed by atoms with Gasteiger partial charge in [0.25, 0.3) is 0 Å². The maximum atomic E-state index is 4.64. The predicted molar refractivity (Wildman–Crippen MR) is 63.4 cm³/mol. The summed E-state index contributed by atoms with van der Waals surface area (Å²) in [7, 11) is 2.00. The van der Waals surface area contributed by atoms with Crippen LogP contribution in [0.1, 0.15) is 30.0 Å². The third kappa shape index (κ3) is 2.32. The van der Waals surface area contributed by atoms with Crippen molar-refractivity contribution in [2.24, 2.45) is 0 Å². The maximum Gasteiger partial charge on any atom is 0.187 e. The summed E-state index contributed by atoms with van der Waals surface area (Å²) in [6, 6.07) is 0. The van der Waals surface area contributed by atoms with Gasteiger partial charge < -0.3 is 5.32 Å². The number of thioether (sulfide) groups is 1. The van der Waals surface area contributed by atoms with Crippen LogP contribution in [0.25, 0.3) is 0 Å². The van der Waals surface area contributed by atoms with E-state index in [1.54, 1.807) is 11.8 Å². The summed E-state index contributed by atoms with van der Waals surface area (Å²) >= 11 is 1.62. The number of nitrogens with one attached hydrogen (secondary N) is 1. The molecule has 1 heterocycles. The van der Waals surface area contributed by atoms with E-state index in [0.29, 0.717) is 5.92 Å². The van der Waals surface area contributed by atoms with E-state index in [-0.39, 0.29) is 0 Å². The fourth-order valence-corrected chi connectivity index (χ4v) is 2.52. The second-order valence-corrected chi connectivity index (χ2v) is 4.69. The first-order valence-corrected chi connectivity index (χ1v) is 6.62. The van der Waals surface area contributed by atoms with Gasteiger partial charge in [-0.15, -0.1) is 0 Å². The Morgan fingerprint density at radius 3 is 3.20 bits per heavy atom. The number of hydrogen-bond acceptors (Lipinski definition) is 4. The van der Waals surface area contributed by atoms with Gasteiger partial charge in [0.05, 0.1) is 5.69 Å². The lowest BCUT2D eigenvalue weighted by molar-refractivity contribution is 0.507. The van der Waals surface area contributed by atoms with Crippen LogP contribution in [0.3, 0.4) is 0 Å². The Labute approximate surface area is 95.1 Å². The van der Waals surface area contributed by atoms with Crippen molar-refractivity contribution < 1.29 is 0 Å². The monoisotopic (exact) mass is 223 g/mol. The number of aromatic nitrogens is 2. The second-order valence-electron chi connectivity index (χ2n) is 3.91. The molecule has 15 heavy (non-hydrogen) atoms. The average molecular weight is 223 g/mol. The van der Waals surface area contributed by atoms with Crippen molar-refractivity contribution in [3.8, 4) is 0 Å². The molecule has 1 aliphatic carbocycles. The lowest BCUT2D eigenvalue weighted by atomic mass is 9.87. The van der Waals surface area contributed by atoms with Gasteiger partial charge in [0, 0.05) is 18.7 Å². The van der Waals surface area contributed by atoms with Crippen LogP contribution >= 0.6 is 11.8 Å². The zero-order valence-electron chi connectivity index (χ0n) is 9.29. The van der Waals surface area contributed by atoms with Crippen LogP contribution in [-0.2, 0) is 6.42 Å². The number of aryl methyl sites for hydroxylation is 1. The second kappa shape index (κ2) is 4.94. The van der Waals surface area contributed by atoms with Crippen LogP contribution in [0.4, 0.5) is 0 Å². The maximum absolute atomic E-state index is 4.64. The molecular formula is C11H17N3S. The van der Waals surface area contributed by atoms with E-state index >= 15 is 0 Å². The number of hydrogen-bond donors (Lipinski definition) is 1. The summed E-state index contributed by atoms with van der Waals surface area (Å²) in [5.74, 6) is 0.577. The van der Waals surface area contributed by atoms with E-state index in [9.17, 15) is 0 Å². The van der Waals surface area contributed by atoms with Gasteiger partial charge in [-0.3, -0.25) is 0 Å². The molecule has 1 aromatic rings. The number of nitrogens with zero attached hydrogens (tertiary/aromatic N) is 2. The van der Waals surface area contributed by atoms with Gasteiger partial charge in [0.1, 0.15) is 0 Å². The Kier molecular flexibility index (Phi) is 3.59. The smallest absolute Gasteiger partial charge is 0.187 e. The quantitative estimate of drug-likeness (QED) is 0.627. The van der Waals surface area contributed by atoms with Crippen LogP contribution in [0.2, 0.25) is 0 Å². The molecule has 0 saturated heterocycles. The van der Waals surface area contributed by atoms with Crippen molar-refractivity contribution in [2.45, 2.75) is 30.3 Å². The number of likely N-dealkylation sites (N-methyl/N-ethyl adjacent to an activating group) is 1. The molecule has 1 aliphatic rings. The van der Waals surface area contributed by atoms with E-state index in [1.807, 2.05) is 19.5 Å². The first-order valence-electron chi connectivity index (χ1n) is 5.39. The first-order chi connectivity index (χ1) is 7.35. The Morgan fingerprint density at radius 2 is 2.47 bits per heavy atom. The lowest BCUT2D eigenvalue weighted by Crippen LogP contribution is -2.23. The minimum Gasteiger partial charge on any atom is -0.319 e. The molecule has 1 atom stereocenters. The highest BCUT2D eigenvalue weighted by Crippen LogP contribution is 2.30. The molecule has 1 N–H and O–H groups in total. The molecule has 0 aliphatic heterocycles. The highest BCUT2D eigenvalue weighted by Gasteiger charge is 2.21. The van der Waals surface area contributed by atoms with E-state index in [1.165, 1.54) is 24.1 Å². The van der Waals surface area contributed by atoms with Crippen molar-refractivity contribution in [1.29, 1.82) is 0 Å². The minimum atomic E-state index is 0.577. The van der Waals surface area contributed by atoms with E-state index in [0.717, 1.165) is 18.1 Å². The van der Waals surface area contributed by atoms with E-state index < -0.39 is 0 Å². The molecule has 4 heteroatoms. The molecule has 1 unspecified atom stereocenters. The van der Waals surface area contributed by atoms with Crippen LogP contribution in [0, 0.1) is 0 Å². The van der Waals surface area contributed by atoms with Crippen molar-refractivity contribution >= 4 is 11.8 Å². The molecule has 2 rings (SSSR count). The summed E-state index contributed by atoms with van der Waals surface area (Å²) in [5.41, 5.74) is 2.62. The zero-order valence-corrected chi connectivity index (χ0v) is 10.1. The van der Waals surface area contributed by atoms with Crippen LogP contribution in [0.15, 0.2) is 11.4 Å².